The van der Waals surface area contributed by atoms with Crippen molar-refractivity contribution in [3.8, 4) is 5.69 Å². The normalized spacial score (nSPS) is 15.5. The number of hydrogen-bond donors (Lipinski definition) is 1. The molecule has 1 saturated heterocycles. The van der Waals surface area contributed by atoms with E-state index < -0.39 is 0 Å². The highest BCUT2D eigenvalue weighted by atomic mass is 16.2. The van der Waals surface area contributed by atoms with Gasteiger partial charge in [0.2, 0.25) is 11.8 Å². The molecule has 7 heteroatoms. The fourth-order valence-electron chi connectivity index (χ4n) is 3.01. The summed E-state index contributed by atoms with van der Waals surface area (Å²) in [6.07, 6.45) is 1.49. The molecule has 1 aliphatic rings. The van der Waals surface area contributed by atoms with Crippen LogP contribution in [0.15, 0.2) is 30.3 Å². The Morgan fingerprint density at radius 1 is 1.21 bits per heavy atom. The lowest BCUT2D eigenvalue weighted by Crippen LogP contribution is -2.42. The second kappa shape index (κ2) is 6.82. The minimum Gasteiger partial charge on any atom is -0.369 e. The number of carbonyl (C=O) groups is 2. The monoisotopic (exact) mass is 327 g/mol. The van der Waals surface area contributed by atoms with E-state index in [0.29, 0.717) is 31.6 Å². The third kappa shape index (κ3) is 3.29. The molecule has 0 spiro atoms. The standard InChI is InChI=1S/C17H21N5O2/c1-12-15(19-20-22(12)14-5-3-2-4-6-14)11-16(23)21-9-7-13(8-10-21)17(18)24/h2-6,13H,7-11H2,1H3,(H2,18,24). The zero-order valence-corrected chi connectivity index (χ0v) is 13.7. The predicted molar refractivity (Wildman–Crippen MR) is 88.3 cm³/mol. The largest absolute Gasteiger partial charge is 0.369 e. The maximum absolute atomic E-state index is 12.5. The van der Waals surface area contributed by atoms with Crippen LogP contribution in [0.5, 0.6) is 0 Å². The lowest BCUT2D eigenvalue weighted by Gasteiger charge is -2.30. The maximum atomic E-state index is 12.5. The van der Waals surface area contributed by atoms with Crippen molar-refractivity contribution in [3.05, 3.63) is 41.7 Å². The Bertz CT molecular complexity index is 733. The molecule has 2 N–H and O–H groups in total. The van der Waals surface area contributed by atoms with Crippen molar-refractivity contribution in [1.29, 1.82) is 0 Å². The van der Waals surface area contributed by atoms with Crippen molar-refractivity contribution in [2.45, 2.75) is 26.2 Å². The molecule has 3 rings (SSSR count). The molecule has 7 nitrogen and oxygen atoms in total. The highest BCUT2D eigenvalue weighted by molar-refractivity contribution is 5.80. The summed E-state index contributed by atoms with van der Waals surface area (Å²) in [7, 11) is 0. The number of carbonyl (C=O) groups excluding carboxylic acids is 2. The van der Waals surface area contributed by atoms with Gasteiger partial charge in [-0.1, -0.05) is 23.4 Å². The molecule has 0 bridgehead atoms. The van der Waals surface area contributed by atoms with Crippen LogP contribution in [-0.2, 0) is 16.0 Å². The Hall–Kier alpha value is -2.70. The van der Waals surface area contributed by atoms with Crippen LogP contribution in [0.3, 0.4) is 0 Å². The molecule has 0 atom stereocenters. The molecule has 1 aliphatic heterocycles. The predicted octanol–water partition coefficient (Wildman–Crippen LogP) is 0.842. The number of nitrogens with zero attached hydrogens (tertiary/aromatic N) is 4. The number of aromatic nitrogens is 3. The summed E-state index contributed by atoms with van der Waals surface area (Å²) >= 11 is 0. The molecule has 1 aromatic heterocycles. The van der Waals surface area contributed by atoms with Crippen molar-refractivity contribution >= 4 is 11.8 Å². The zero-order chi connectivity index (χ0) is 17.1. The van der Waals surface area contributed by atoms with Gasteiger partial charge in [0.25, 0.3) is 0 Å². The molecule has 24 heavy (non-hydrogen) atoms. The van der Waals surface area contributed by atoms with E-state index in [0.717, 1.165) is 11.4 Å². The van der Waals surface area contributed by atoms with Crippen LogP contribution in [0.2, 0.25) is 0 Å². The van der Waals surface area contributed by atoms with Gasteiger partial charge in [-0.2, -0.15) is 0 Å². The Kier molecular flexibility index (Phi) is 4.59. The molecular weight excluding hydrogens is 306 g/mol. The maximum Gasteiger partial charge on any atom is 0.228 e. The molecule has 0 unspecified atom stereocenters. The van der Waals surface area contributed by atoms with E-state index in [-0.39, 0.29) is 24.2 Å². The number of amides is 2. The van der Waals surface area contributed by atoms with E-state index in [1.54, 1.807) is 9.58 Å². The van der Waals surface area contributed by atoms with Crippen LogP contribution in [0, 0.1) is 12.8 Å². The smallest absolute Gasteiger partial charge is 0.228 e. The second-order valence-corrected chi connectivity index (χ2v) is 6.10. The van der Waals surface area contributed by atoms with Crippen molar-refractivity contribution in [3.63, 3.8) is 0 Å². The van der Waals surface area contributed by atoms with Crippen molar-refractivity contribution < 1.29 is 9.59 Å². The molecule has 0 saturated carbocycles. The quantitative estimate of drug-likeness (QED) is 0.900. The molecule has 1 fully saturated rings. The van der Waals surface area contributed by atoms with E-state index in [2.05, 4.69) is 10.3 Å². The summed E-state index contributed by atoms with van der Waals surface area (Å²) in [6.45, 7) is 3.05. The number of hydrogen-bond acceptors (Lipinski definition) is 4. The average molecular weight is 327 g/mol. The molecule has 0 aliphatic carbocycles. The van der Waals surface area contributed by atoms with E-state index in [1.807, 2.05) is 37.3 Å². The molecule has 2 amide bonds. The average Bonchev–Trinajstić information content (AvgIpc) is 2.96. The summed E-state index contributed by atoms with van der Waals surface area (Å²) in [5, 5.41) is 8.32. The number of para-hydroxylation sites is 1. The Morgan fingerprint density at radius 3 is 2.50 bits per heavy atom. The number of piperidine rings is 1. The highest BCUT2D eigenvalue weighted by Crippen LogP contribution is 2.18. The molecule has 2 heterocycles. The SMILES string of the molecule is Cc1c(CC(=O)N2CCC(C(N)=O)CC2)nnn1-c1ccccc1. The minimum atomic E-state index is -0.274. The second-order valence-electron chi connectivity index (χ2n) is 6.10. The first-order valence-electron chi connectivity index (χ1n) is 8.10. The minimum absolute atomic E-state index is 0.0149. The van der Waals surface area contributed by atoms with E-state index in [1.165, 1.54) is 0 Å². The van der Waals surface area contributed by atoms with Crippen molar-refractivity contribution in [2.24, 2.45) is 11.7 Å². The molecule has 1 aromatic carbocycles. The lowest BCUT2D eigenvalue weighted by atomic mass is 9.96. The number of nitrogens with two attached hydrogens (primary N) is 1. The topological polar surface area (TPSA) is 94.1 Å². The Morgan fingerprint density at radius 2 is 1.88 bits per heavy atom. The summed E-state index contributed by atoms with van der Waals surface area (Å²) in [6, 6.07) is 9.70. The van der Waals surface area contributed by atoms with Crippen LogP contribution in [0.4, 0.5) is 0 Å². The van der Waals surface area contributed by atoms with Gasteiger partial charge >= 0.3 is 0 Å². The van der Waals surface area contributed by atoms with Gasteiger partial charge in [0.05, 0.1) is 23.5 Å². The fourth-order valence-corrected chi connectivity index (χ4v) is 3.01. The van der Waals surface area contributed by atoms with E-state index in [4.69, 9.17) is 5.73 Å². The molecule has 0 radical (unpaired) electrons. The summed E-state index contributed by atoms with van der Waals surface area (Å²) in [5.41, 5.74) is 7.79. The van der Waals surface area contributed by atoms with Crippen LogP contribution in [0.1, 0.15) is 24.2 Å². The Balaban J connectivity index is 1.66. The first-order valence-corrected chi connectivity index (χ1v) is 8.10. The zero-order valence-electron chi connectivity index (χ0n) is 13.7. The van der Waals surface area contributed by atoms with Crippen LogP contribution in [0.25, 0.3) is 5.69 Å². The van der Waals surface area contributed by atoms with Gasteiger partial charge in [-0.3, -0.25) is 9.59 Å². The van der Waals surface area contributed by atoms with E-state index >= 15 is 0 Å². The molecular formula is C17H21N5O2. The number of primary amides is 1. The third-order valence-corrected chi connectivity index (χ3v) is 4.56. The first kappa shape index (κ1) is 16.2. The van der Waals surface area contributed by atoms with Gasteiger partial charge in [0.15, 0.2) is 0 Å². The number of benzene rings is 1. The fraction of sp³-hybridized carbons (Fsp3) is 0.412. The lowest BCUT2D eigenvalue weighted by molar-refractivity contribution is -0.134. The van der Waals surface area contributed by atoms with Gasteiger partial charge in [0, 0.05) is 19.0 Å². The van der Waals surface area contributed by atoms with Crippen molar-refractivity contribution in [2.75, 3.05) is 13.1 Å². The number of likely N-dealkylation sites (tertiary alicyclic amines) is 1. The van der Waals surface area contributed by atoms with E-state index in [9.17, 15) is 9.59 Å². The highest BCUT2D eigenvalue weighted by Gasteiger charge is 2.26. The number of rotatable bonds is 4. The first-order chi connectivity index (χ1) is 11.6. The van der Waals surface area contributed by atoms with Gasteiger partial charge in [0.1, 0.15) is 0 Å². The van der Waals surface area contributed by atoms with Crippen molar-refractivity contribution in [1.82, 2.24) is 19.9 Å². The summed E-state index contributed by atoms with van der Waals surface area (Å²) in [5.74, 6) is -0.375. The van der Waals surface area contributed by atoms with Gasteiger partial charge in [-0.15, -0.1) is 5.10 Å². The van der Waals surface area contributed by atoms with Crippen LogP contribution in [-0.4, -0.2) is 44.8 Å². The van der Waals surface area contributed by atoms with Gasteiger partial charge < -0.3 is 10.6 Å². The van der Waals surface area contributed by atoms with Gasteiger partial charge in [-0.25, -0.2) is 4.68 Å². The molecule has 2 aromatic rings. The van der Waals surface area contributed by atoms with Crippen LogP contribution >= 0.6 is 0 Å². The Labute approximate surface area is 140 Å². The third-order valence-electron chi connectivity index (χ3n) is 4.56. The molecule has 126 valence electrons. The van der Waals surface area contributed by atoms with Gasteiger partial charge in [-0.05, 0) is 31.9 Å². The summed E-state index contributed by atoms with van der Waals surface area (Å²) in [4.78, 5) is 25.5. The van der Waals surface area contributed by atoms with Crippen LogP contribution < -0.4 is 5.73 Å². The summed E-state index contributed by atoms with van der Waals surface area (Å²) < 4.78 is 1.74.